The van der Waals surface area contributed by atoms with Gasteiger partial charge in [0.15, 0.2) is 5.03 Å². The number of nitrogens with zero attached hydrogens (tertiary/aromatic N) is 1. The van der Waals surface area contributed by atoms with E-state index >= 15 is 0 Å². The molecule has 98 valence electrons. The summed E-state index contributed by atoms with van der Waals surface area (Å²) >= 11 is 0. The lowest BCUT2D eigenvalue weighted by Gasteiger charge is -2.12. The zero-order chi connectivity index (χ0) is 13.0. The van der Waals surface area contributed by atoms with Gasteiger partial charge in [0.05, 0.1) is 18.8 Å². The van der Waals surface area contributed by atoms with E-state index in [-0.39, 0.29) is 11.1 Å². The number of rotatable bonds is 6. The predicted molar refractivity (Wildman–Crippen MR) is 65.4 cm³/mol. The van der Waals surface area contributed by atoms with Gasteiger partial charge >= 0.3 is 0 Å². The van der Waals surface area contributed by atoms with E-state index in [1.165, 1.54) is 12.5 Å². The highest BCUT2D eigenvalue weighted by Crippen LogP contribution is 2.08. The number of imidazole rings is 1. The second-order valence-electron chi connectivity index (χ2n) is 4.06. The van der Waals surface area contributed by atoms with Gasteiger partial charge in [-0.25, -0.2) is 18.1 Å². The third-order valence-corrected chi connectivity index (χ3v) is 4.04. The molecule has 2 rings (SSSR count). The maximum Gasteiger partial charge on any atom is 0.257 e. The van der Waals surface area contributed by atoms with Crippen LogP contribution in [-0.2, 0) is 16.4 Å². The predicted octanol–water partition coefficient (Wildman–Crippen LogP) is 1.30. The van der Waals surface area contributed by atoms with Gasteiger partial charge in [-0.1, -0.05) is 0 Å². The second kappa shape index (κ2) is 5.36. The Hall–Kier alpha value is -1.60. The van der Waals surface area contributed by atoms with E-state index in [1.807, 2.05) is 19.1 Å². The van der Waals surface area contributed by atoms with Crippen LogP contribution in [-0.4, -0.2) is 24.4 Å². The summed E-state index contributed by atoms with van der Waals surface area (Å²) in [7, 11) is -3.51. The molecule has 0 aliphatic carbocycles. The van der Waals surface area contributed by atoms with Crippen LogP contribution in [0.15, 0.2) is 40.4 Å². The first-order chi connectivity index (χ1) is 8.58. The summed E-state index contributed by atoms with van der Waals surface area (Å²) in [6.07, 6.45) is 5.58. The lowest BCUT2D eigenvalue weighted by atomic mass is 10.2. The summed E-state index contributed by atoms with van der Waals surface area (Å²) < 4.78 is 31.5. The van der Waals surface area contributed by atoms with Crippen molar-refractivity contribution in [2.75, 3.05) is 0 Å². The molecule has 1 unspecified atom stereocenters. The topological polar surface area (TPSA) is 88.0 Å². The first-order valence-electron chi connectivity index (χ1n) is 5.61. The Labute approximate surface area is 105 Å². The summed E-state index contributed by atoms with van der Waals surface area (Å²) in [5.74, 6) is 0.850. The van der Waals surface area contributed by atoms with Crippen LogP contribution in [0.1, 0.15) is 19.1 Å². The highest BCUT2D eigenvalue weighted by Gasteiger charge is 2.18. The Bertz CT molecular complexity index is 561. The molecule has 18 heavy (non-hydrogen) atoms. The van der Waals surface area contributed by atoms with Crippen molar-refractivity contribution in [2.45, 2.75) is 30.8 Å². The number of aromatic amines is 1. The van der Waals surface area contributed by atoms with Crippen LogP contribution in [0.5, 0.6) is 0 Å². The van der Waals surface area contributed by atoms with Crippen LogP contribution in [0.25, 0.3) is 0 Å². The average molecular weight is 269 g/mol. The van der Waals surface area contributed by atoms with Crippen molar-refractivity contribution in [3.8, 4) is 0 Å². The van der Waals surface area contributed by atoms with E-state index in [4.69, 9.17) is 4.42 Å². The number of aromatic nitrogens is 2. The first kappa shape index (κ1) is 12.8. The molecule has 0 aliphatic rings. The molecule has 0 fully saturated rings. The van der Waals surface area contributed by atoms with Gasteiger partial charge in [-0.3, -0.25) is 0 Å². The molecule has 1 atom stereocenters. The summed E-state index contributed by atoms with van der Waals surface area (Å²) in [6.45, 7) is 1.82. The average Bonchev–Trinajstić information content (AvgIpc) is 2.99. The Kier molecular flexibility index (Phi) is 3.83. The molecular weight excluding hydrogens is 254 g/mol. The molecular formula is C11H15N3O3S. The quantitative estimate of drug-likeness (QED) is 0.827. The first-order valence-corrected chi connectivity index (χ1v) is 7.09. The fraction of sp³-hybridized carbons (Fsp3) is 0.364. The van der Waals surface area contributed by atoms with Gasteiger partial charge < -0.3 is 9.40 Å². The van der Waals surface area contributed by atoms with Crippen LogP contribution < -0.4 is 4.72 Å². The molecule has 0 spiro atoms. The molecule has 0 aromatic carbocycles. The van der Waals surface area contributed by atoms with Crippen molar-refractivity contribution < 1.29 is 12.8 Å². The van der Waals surface area contributed by atoms with Crippen LogP contribution in [0.4, 0.5) is 0 Å². The monoisotopic (exact) mass is 269 g/mol. The lowest BCUT2D eigenvalue weighted by molar-refractivity contribution is 0.479. The maximum atomic E-state index is 11.9. The zero-order valence-corrected chi connectivity index (χ0v) is 10.8. The fourth-order valence-electron chi connectivity index (χ4n) is 1.59. The summed E-state index contributed by atoms with van der Waals surface area (Å²) in [5, 5.41) is 0.0762. The van der Waals surface area contributed by atoms with Crippen LogP contribution in [0.2, 0.25) is 0 Å². The van der Waals surface area contributed by atoms with E-state index in [9.17, 15) is 8.42 Å². The van der Waals surface area contributed by atoms with Gasteiger partial charge in [0.1, 0.15) is 5.76 Å². The SMILES string of the molecule is CC(CCc1ccco1)NS(=O)(=O)c1cnc[nH]1. The molecule has 2 heterocycles. The van der Waals surface area contributed by atoms with Gasteiger partial charge in [-0.2, -0.15) is 0 Å². The standard InChI is InChI=1S/C11H15N3O3S/c1-9(4-5-10-3-2-6-17-10)14-18(15,16)11-7-12-8-13-11/h2-3,6-9,14H,4-5H2,1H3,(H,12,13). The second-order valence-corrected chi connectivity index (χ2v) is 5.74. The minimum Gasteiger partial charge on any atom is -0.469 e. The molecule has 0 saturated heterocycles. The Balaban J connectivity index is 1.89. The third kappa shape index (κ3) is 3.21. The number of hydrogen-bond acceptors (Lipinski definition) is 4. The van der Waals surface area contributed by atoms with E-state index in [0.29, 0.717) is 12.8 Å². The number of hydrogen-bond donors (Lipinski definition) is 2. The summed E-state index contributed by atoms with van der Waals surface area (Å²) in [5.41, 5.74) is 0. The van der Waals surface area contributed by atoms with Gasteiger partial charge in [0.25, 0.3) is 10.0 Å². The van der Waals surface area contributed by atoms with Gasteiger partial charge in [0, 0.05) is 12.5 Å². The minimum absolute atomic E-state index is 0.0762. The van der Waals surface area contributed by atoms with Crippen molar-refractivity contribution in [1.82, 2.24) is 14.7 Å². The lowest BCUT2D eigenvalue weighted by Crippen LogP contribution is -2.33. The molecule has 0 amide bonds. The highest BCUT2D eigenvalue weighted by molar-refractivity contribution is 7.89. The Morgan fingerprint density at radius 3 is 3.00 bits per heavy atom. The largest absolute Gasteiger partial charge is 0.469 e. The number of sulfonamides is 1. The van der Waals surface area contributed by atoms with Gasteiger partial charge in [-0.05, 0) is 25.5 Å². The van der Waals surface area contributed by atoms with E-state index in [2.05, 4.69) is 14.7 Å². The smallest absolute Gasteiger partial charge is 0.257 e. The molecule has 7 heteroatoms. The van der Waals surface area contributed by atoms with Crippen LogP contribution in [0, 0.1) is 0 Å². The van der Waals surface area contributed by atoms with Gasteiger partial charge in [-0.15, -0.1) is 0 Å². The normalized spacial score (nSPS) is 13.6. The van der Waals surface area contributed by atoms with Crippen molar-refractivity contribution in [3.05, 3.63) is 36.7 Å². The number of H-pyrrole nitrogens is 1. The highest BCUT2D eigenvalue weighted by atomic mass is 32.2. The number of furan rings is 1. The van der Waals surface area contributed by atoms with Crippen molar-refractivity contribution >= 4 is 10.0 Å². The van der Waals surface area contributed by atoms with Crippen molar-refractivity contribution in [2.24, 2.45) is 0 Å². The Morgan fingerprint density at radius 1 is 1.56 bits per heavy atom. The molecule has 2 N–H and O–H groups in total. The zero-order valence-electron chi connectivity index (χ0n) is 9.96. The molecule has 2 aromatic heterocycles. The molecule has 0 aliphatic heterocycles. The van der Waals surface area contributed by atoms with Gasteiger partial charge in [0.2, 0.25) is 0 Å². The summed E-state index contributed by atoms with van der Waals surface area (Å²) in [6, 6.07) is 3.51. The maximum absolute atomic E-state index is 11.9. The van der Waals surface area contributed by atoms with E-state index in [0.717, 1.165) is 5.76 Å². The fourth-order valence-corrected chi connectivity index (χ4v) is 2.77. The van der Waals surface area contributed by atoms with E-state index in [1.54, 1.807) is 6.26 Å². The van der Waals surface area contributed by atoms with E-state index < -0.39 is 10.0 Å². The molecule has 2 aromatic rings. The number of aryl methyl sites for hydroxylation is 1. The number of nitrogens with one attached hydrogen (secondary N) is 2. The van der Waals surface area contributed by atoms with Crippen LogP contribution in [0.3, 0.4) is 0 Å². The molecule has 0 radical (unpaired) electrons. The molecule has 6 nitrogen and oxygen atoms in total. The Morgan fingerprint density at radius 2 is 2.39 bits per heavy atom. The molecule has 0 saturated carbocycles. The minimum atomic E-state index is -3.51. The summed E-state index contributed by atoms with van der Waals surface area (Å²) in [4.78, 5) is 6.27. The molecule has 0 bridgehead atoms. The van der Waals surface area contributed by atoms with Crippen molar-refractivity contribution in [1.29, 1.82) is 0 Å². The van der Waals surface area contributed by atoms with Crippen LogP contribution >= 0.6 is 0 Å². The third-order valence-electron chi connectivity index (χ3n) is 2.52. The van der Waals surface area contributed by atoms with Crippen molar-refractivity contribution in [3.63, 3.8) is 0 Å².